The van der Waals surface area contributed by atoms with Crippen molar-refractivity contribution in [3.63, 3.8) is 0 Å². The number of thioether (sulfide) groups is 1. The van der Waals surface area contributed by atoms with E-state index in [-0.39, 0.29) is 11.8 Å². The van der Waals surface area contributed by atoms with E-state index in [9.17, 15) is 9.59 Å². The molecule has 1 rings (SSSR count). The van der Waals surface area contributed by atoms with Gasteiger partial charge >= 0.3 is 0 Å². The standard InChI is InChI=1S/C12H23N3O2S/c1-18-9-5-10(13)12(17)14-6-4-11(16)15-7-2-3-8-15/h10H,2-9,13H2,1H3,(H,14,17)/t10-/m1/s1. The summed E-state index contributed by atoms with van der Waals surface area (Å²) in [4.78, 5) is 25.2. The lowest BCUT2D eigenvalue weighted by Gasteiger charge is -2.16. The van der Waals surface area contributed by atoms with Gasteiger partial charge in [0, 0.05) is 26.1 Å². The number of carbonyl (C=O) groups excluding carboxylic acids is 2. The van der Waals surface area contributed by atoms with Crippen molar-refractivity contribution in [2.45, 2.75) is 31.7 Å². The van der Waals surface area contributed by atoms with Crippen LogP contribution in [0.3, 0.4) is 0 Å². The molecule has 6 heteroatoms. The third-order valence-electron chi connectivity index (χ3n) is 3.07. The summed E-state index contributed by atoms with van der Waals surface area (Å²) in [6.45, 7) is 2.11. The van der Waals surface area contributed by atoms with E-state index < -0.39 is 6.04 Å². The molecule has 0 saturated carbocycles. The maximum atomic E-state index is 11.7. The van der Waals surface area contributed by atoms with E-state index in [0.717, 1.165) is 31.7 Å². The summed E-state index contributed by atoms with van der Waals surface area (Å²) >= 11 is 1.67. The van der Waals surface area contributed by atoms with E-state index in [1.807, 2.05) is 11.2 Å². The molecular weight excluding hydrogens is 250 g/mol. The number of hydrogen-bond acceptors (Lipinski definition) is 4. The molecule has 5 nitrogen and oxygen atoms in total. The molecule has 0 bridgehead atoms. The van der Waals surface area contributed by atoms with Gasteiger partial charge in [0.1, 0.15) is 0 Å². The molecule has 3 N–H and O–H groups in total. The molecule has 1 aliphatic heterocycles. The van der Waals surface area contributed by atoms with Crippen LogP contribution in [0.1, 0.15) is 25.7 Å². The quantitative estimate of drug-likeness (QED) is 0.694. The minimum Gasteiger partial charge on any atom is -0.354 e. The van der Waals surface area contributed by atoms with Crippen LogP contribution in [0.4, 0.5) is 0 Å². The number of nitrogens with zero attached hydrogens (tertiary/aromatic N) is 1. The number of rotatable bonds is 7. The number of likely N-dealkylation sites (tertiary alicyclic amines) is 1. The van der Waals surface area contributed by atoms with Crippen LogP contribution in [-0.4, -0.2) is 54.4 Å². The second-order valence-electron chi connectivity index (χ2n) is 4.52. The highest BCUT2D eigenvalue weighted by Crippen LogP contribution is 2.08. The van der Waals surface area contributed by atoms with Gasteiger partial charge in [0.05, 0.1) is 6.04 Å². The van der Waals surface area contributed by atoms with Crippen molar-refractivity contribution in [2.75, 3.05) is 31.6 Å². The van der Waals surface area contributed by atoms with Crippen molar-refractivity contribution in [3.05, 3.63) is 0 Å². The summed E-state index contributed by atoms with van der Waals surface area (Å²) in [6, 6.07) is -0.459. The van der Waals surface area contributed by atoms with E-state index in [4.69, 9.17) is 5.73 Å². The zero-order valence-electron chi connectivity index (χ0n) is 11.0. The first kappa shape index (κ1) is 15.3. The molecule has 0 spiro atoms. The average Bonchev–Trinajstić information content (AvgIpc) is 2.89. The molecule has 1 atom stereocenters. The lowest BCUT2D eigenvalue weighted by atomic mass is 10.2. The van der Waals surface area contributed by atoms with Crippen molar-refractivity contribution >= 4 is 23.6 Å². The normalized spacial score (nSPS) is 16.7. The second-order valence-corrected chi connectivity index (χ2v) is 5.50. The first-order chi connectivity index (χ1) is 8.65. The largest absolute Gasteiger partial charge is 0.354 e. The molecule has 18 heavy (non-hydrogen) atoms. The summed E-state index contributed by atoms with van der Waals surface area (Å²) in [6.07, 6.45) is 5.22. The van der Waals surface area contributed by atoms with Crippen molar-refractivity contribution in [1.82, 2.24) is 10.2 Å². The summed E-state index contributed by atoms with van der Waals surface area (Å²) in [5, 5.41) is 2.73. The van der Waals surface area contributed by atoms with Crippen molar-refractivity contribution < 1.29 is 9.59 Å². The Balaban J connectivity index is 2.12. The Morgan fingerprint density at radius 2 is 2.06 bits per heavy atom. The Morgan fingerprint density at radius 1 is 1.39 bits per heavy atom. The Kier molecular flexibility index (Phi) is 7.12. The fraction of sp³-hybridized carbons (Fsp3) is 0.833. The Labute approximate surface area is 113 Å². The van der Waals surface area contributed by atoms with Gasteiger partial charge in [-0.25, -0.2) is 0 Å². The summed E-state index contributed by atoms with van der Waals surface area (Å²) in [7, 11) is 0. The monoisotopic (exact) mass is 273 g/mol. The van der Waals surface area contributed by atoms with Gasteiger partial charge in [-0.2, -0.15) is 11.8 Å². The highest BCUT2D eigenvalue weighted by atomic mass is 32.2. The third-order valence-corrected chi connectivity index (χ3v) is 3.71. The first-order valence-electron chi connectivity index (χ1n) is 6.45. The molecule has 0 aromatic heterocycles. The predicted octanol–water partition coefficient (Wildman–Crippen LogP) is 0.196. The summed E-state index contributed by atoms with van der Waals surface area (Å²) in [5.74, 6) is 0.852. The van der Waals surface area contributed by atoms with Gasteiger partial charge in [0.2, 0.25) is 11.8 Å². The van der Waals surface area contributed by atoms with E-state index in [0.29, 0.717) is 19.4 Å². The predicted molar refractivity (Wildman–Crippen MR) is 74.4 cm³/mol. The molecule has 1 heterocycles. The Morgan fingerprint density at radius 3 is 2.67 bits per heavy atom. The number of nitrogens with one attached hydrogen (secondary N) is 1. The minimum atomic E-state index is -0.459. The van der Waals surface area contributed by atoms with Gasteiger partial charge < -0.3 is 16.0 Å². The number of carbonyl (C=O) groups is 2. The van der Waals surface area contributed by atoms with E-state index in [1.54, 1.807) is 11.8 Å². The Bertz CT molecular complexity index is 280. The van der Waals surface area contributed by atoms with Crippen molar-refractivity contribution in [3.8, 4) is 0 Å². The number of hydrogen-bond donors (Lipinski definition) is 2. The minimum absolute atomic E-state index is 0.130. The molecule has 1 aliphatic rings. The fourth-order valence-electron chi connectivity index (χ4n) is 1.92. The molecule has 0 aliphatic carbocycles. The molecule has 1 saturated heterocycles. The van der Waals surface area contributed by atoms with Crippen molar-refractivity contribution in [1.29, 1.82) is 0 Å². The lowest BCUT2D eigenvalue weighted by molar-refractivity contribution is -0.130. The zero-order chi connectivity index (χ0) is 13.4. The average molecular weight is 273 g/mol. The Hall–Kier alpha value is -0.750. The van der Waals surface area contributed by atoms with Crippen LogP contribution in [0, 0.1) is 0 Å². The van der Waals surface area contributed by atoms with Gasteiger partial charge in [-0.05, 0) is 31.3 Å². The smallest absolute Gasteiger partial charge is 0.236 e. The molecular formula is C12H23N3O2S. The lowest BCUT2D eigenvalue weighted by Crippen LogP contribution is -2.42. The molecule has 0 aromatic carbocycles. The van der Waals surface area contributed by atoms with Crippen molar-refractivity contribution in [2.24, 2.45) is 5.73 Å². The first-order valence-corrected chi connectivity index (χ1v) is 7.84. The number of nitrogens with two attached hydrogens (primary N) is 1. The number of amides is 2. The van der Waals surface area contributed by atoms with E-state index in [1.165, 1.54) is 0 Å². The summed E-state index contributed by atoms with van der Waals surface area (Å²) < 4.78 is 0. The highest BCUT2D eigenvalue weighted by molar-refractivity contribution is 7.98. The van der Waals surface area contributed by atoms with E-state index >= 15 is 0 Å². The molecule has 2 amide bonds. The van der Waals surface area contributed by atoms with Gasteiger partial charge in [-0.1, -0.05) is 0 Å². The van der Waals surface area contributed by atoms with Gasteiger partial charge in [0.25, 0.3) is 0 Å². The van der Waals surface area contributed by atoms with Gasteiger partial charge in [0.15, 0.2) is 0 Å². The zero-order valence-corrected chi connectivity index (χ0v) is 11.8. The maximum Gasteiger partial charge on any atom is 0.236 e. The summed E-state index contributed by atoms with van der Waals surface area (Å²) in [5.41, 5.74) is 5.72. The van der Waals surface area contributed by atoms with Gasteiger partial charge in [-0.3, -0.25) is 9.59 Å². The third kappa shape index (κ3) is 5.27. The fourth-order valence-corrected chi connectivity index (χ4v) is 2.41. The van der Waals surface area contributed by atoms with Crippen LogP contribution < -0.4 is 11.1 Å². The molecule has 104 valence electrons. The van der Waals surface area contributed by atoms with Crippen LogP contribution in [-0.2, 0) is 9.59 Å². The molecule has 1 fully saturated rings. The second kappa shape index (κ2) is 8.37. The van der Waals surface area contributed by atoms with Crippen LogP contribution in [0.15, 0.2) is 0 Å². The van der Waals surface area contributed by atoms with Crippen LogP contribution in [0.25, 0.3) is 0 Å². The molecule has 0 radical (unpaired) electrons. The van der Waals surface area contributed by atoms with Crippen LogP contribution >= 0.6 is 11.8 Å². The highest BCUT2D eigenvalue weighted by Gasteiger charge is 2.18. The molecule has 0 aromatic rings. The SMILES string of the molecule is CSCC[C@@H](N)C(=O)NCCC(=O)N1CCCC1. The van der Waals surface area contributed by atoms with E-state index in [2.05, 4.69) is 5.32 Å². The topological polar surface area (TPSA) is 75.4 Å². The van der Waals surface area contributed by atoms with Crippen LogP contribution in [0.5, 0.6) is 0 Å². The van der Waals surface area contributed by atoms with Crippen LogP contribution in [0.2, 0.25) is 0 Å². The van der Waals surface area contributed by atoms with Gasteiger partial charge in [-0.15, -0.1) is 0 Å². The maximum absolute atomic E-state index is 11.7. The molecule has 0 unspecified atom stereocenters.